The summed E-state index contributed by atoms with van der Waals surface area (Å²) in [6, 6.07) is 4.06. The van der Waals surface area contributed by atoms with E-state index in [1.165, 1.54) is 31.1 Å². The molecular formula is C15H22N2O2S. The summed E-state index contributed by atoms with van der Waals surface area (Å²) in [4.78, 5) is 24.7. The van der Waals surface area contributed by atoms with Crippen molar-refractivity contribution >= 4 is 23.2 Å². The fourth-order valence-corrected chi connectivity index (χ4v) is 3.32. The highest BCUT2D eigenvalue weighted by Gasteiger charge is 2.20. The molecule has 4 nitrogen and oxygen atoms in total. The third-order valence-electron chi connectivity index (χ3n) is 3.75. The number of carbonyl (C=O) groups excluding carboxylic acids is 2. The van der Waals surface area contributed by atoms with Crippen molar-refractivity contribution in [3.63, 3.8) is 0 Å². The lowest BCUT2D eigenvalue weighted by molar-refractivity contribution is -0.119. The summed E-state index contributed by atoms with van der Waals surface area (Å²) < 4.78 is 0. The van der Waals surface area contributed by atoms with E-state index in [1.807, 2.05) is 12.1 Å². The lowest BCUT2D eigenvalue weighted by Gasteiger charge is -2.26. The Morgan fingerprint density at radius 3 is 2.60 bits per heavy atom. The molecule has 0 saturated heterocycles. The van der Waals surface area contributed by atoms with E-state index in [1.54, 1.807) is 0 Å². The van der Waals surface area contributed by atoms with Gasteiger partial charge in [0, 0.05) is 17.8 Å². The molecule has 110 valence electrons. The number of thiophene rings is 1. The van der Waals surface area contributed by atoms with E-state index in [0.29, 0.717) is 12.6 Å². The number of rotatable bonds is 4. The van der Waals surface area contributed by atoms with Crippen molar-refractivity contribution in [1.82, 2.24) is 10.6 Å². The van der Waals surface area contributed by atoms with Gasteiger partial charge in [0.2, 0.25) is 5.91 Å². The van der Waals surface area contributed by atoms with Gasteiger partial charge in [-0.3, -0.25) is 9.59 Å². The molecule has 1 heterocycles. The lowest BCUT2D eigenvalue weighted by atomic mass is 9.87. The molecule has 1 aromatic heterocycles. The number of hydrogen-bond donors (Lipinski definition) is 2. The second-order valence-corrected chi connectivity index (χ2v) is 6.77. The van der Waals surface area contributed by atoms with Crippen LogP contribution in [0.5, 0.6) is 0 Å². The van der Waals surface area contributed by atoms with Crippen molar-refractivity contribution < 1.29 is 9.59 Å². The standard InChI is InChI=1S/C15H22N2O2S/c1-10-3-5-12(6-4-10)17-15(19)14-8-7-13(20-14)9-16-11(2)18/h7-8,10,12H,3-6,9H2,1-2H3,(H,16,18)(H,17,19). The van der Waals surface area contributed by atoms with Gasteiger partial charge in [-0.05, 0) is 43.7 Å². The van der Waals surface area contributed by atoms with E-state index in [2.05, 4.69) is 17.6 Å². The van der Waals surface area contributed by atoms with E-state index in [0.717, 1.165) is 28.5 Å². The first-order valence-corrected chi connectivity index (χ1v) is 8.00. The van der Waals surface area contributed by atoms with E-state index >= 15 is 0 Å². The molecule has 1 aromatic rings. The van der Waals surface area contributed by atoms with Crippen LogP contribution in [0.15, 0.2) is 12.1 Å². The molecule has 1 aliphatic rings. The third-order valence-corrected chi connectivity index (χ3v) is 4.83. The molecule has 5 heteroatoms. The predicted octanol–water partition coefficient (Wildman–Crippen LogP) is 2.69. The van der Waals surface area contributed by atoms with Crippen molar-refractivity contribution in [1.29, 1.82) is 0 Å². The van der Waals surface area contributed by atoms with Gasteiger partial charge in [-0.15, -0.1) is 11.3 Å². The second-order valence-electron chi connectivity index (χ2n) is 5.61. The molecule has 0 aliphatic heterocycles. The average Bonchev–Trinajstić information content (AvgIpc) is 2.88. The number of hydrogen-bond acceptors (Lipinski definition) is 3. The smallest absolute Gasteiger partial charge is 0.261 e. The third kappa shape index (κ3) is 4.34. The minimum atomic E-state index is -0.0549. The van der Waals surface area contributed by atoms with Crippen molar-refractivity contribution in [2.45, 2.75) is 52.1 Å². The van der Waals surface area contributed by atoms with E-state index in [9.17, 15) is 9.59 Å². The summed E-state index contributed by atoms with van der Waals surface area (Å²) >= 11 is 1.45. The van der Waals surface area contributed by atoms with Crippen LogP contribution in [-0.4, -0.2) is 17.9 Å². The summed E-state index contributed by atoms with van der Waals surface area (Å²) in [6.07, 6.45) is 4.56. The molecule has 2 N–H and O–H groups in total. The van der Waals surface area contributed by atoms with Crippen LogP contribution in [0.25, 0.3) is 0 Å². The number of amides is 2. The normalized spacial score (nSPS) is 22.3. The van der Waals surface area contributed by atoms with Crippen LogP contribution in [0.1, 0.15) is 54.1 Å². The second kappa shape index (κ2) is 6.88. The highest BCUT2D eigenvalue weighted by Crippen LogP contribution is 2.24. The zero-order valence-corrected chi connectivity index (χ0v) is 12.9. The quantitative estimate of drug-likeness (QED) is 0.897. The maximum Gasteiger partial charge on any atom is 0.261 e. The Bertz CT molecular complexity index is 476. The van der Waals surface area contributed by atoms with Crippen LogP contribution in [0, 0.1) is 5.92 Å². The van der Waals surface area contributed by atoms with Crippen LogP contribution < -0.4 is 10.6 Å². The van der Waals surface area contributed by atoms with Gasteiger partial charge in [0.05, 0.1) is 11.4 Å². The zero-order valence-electron chi connectivity index (χ0n) is 12.1. The summed E-state index contributed by atoms with van der Waals surface area (Å²) in [6.45, 7) is 4.26. The first-order chi connectivity index (χ1) is 9.54. The predicted molar refractivity (Wildman–Crippen MR) is 80.7 cm³/mol. The van der Waals surface area contributed by atoms with Gasteiger partial charge in [-0.2, -0.15) is 0 Å². The van der Waals surface area contributed by atoms with Crippen molar-refractivity contribution in [2.75, 3.05) is 0 Å². The SMILES string of the molecule is CC(=O)NCc1ccc(C(=O)NC2CCC(C)CC2)s1. The zero-order chi connectivity index (χ0) is 14.5. The molecule has 0 unspecified atom stereocenters. The van der Waals surface area contributed by atoms with Gasteiger partial charge < -0.3 is 10.6 Å². The summed E-state index contributed by atoms with van der Waals surface area (Å²) in [5.74, 6) is 0.749. The van der Waals surface area contributed by atoms with Crippen LogP contribution in [-0.2, 0) is 11.3 Å². The molecule has 0 spiro atoms. The summed E-state index contributed by atoms with van der Waals surface area (Å²) in [7, 11) is 0. The first-order valence-electron chi connectivity index (χ1n) is 7.18. The Labute approximate surface area is 124 Å². The molecular weight excluding hydrogens is 272 g/mol. The highest BCUT2D eigenvalue weighted by molar-refractivity contribution is 7.14. The van der Waals surface area contributed by atoms with Gasteiger partial charge in [-0.1, -0.05) is 6.92 Å². The maximum absolute atomic E-state index is 12.2. The van der Waals surface area contributed by atoms with Crippen LogP contribution in [0.2, 0.25) is 0 Å². The fraction of sp³-hybridized carbons (Fsp3) is 0.600. The lowest BCUT2D eigenvalue weighted by Crippen LogP contribution is -2.36. The van der Waals surface area contributed by atoms with Crippen LogP contribution in [0.4, 0.5) is 0 Å². The summed E-state index contributed by atoms with van der Waals surface area (Å²) in [5.41, 5.74) is 0. The molecule has 0 bridgehead atoms. The Morgan fingerprint density at radius 1 is 1.25 bits per heavy atom. The van der Waals surface area contributed by atoms with E-state index < -0.39 is 0 Å². The largest absolute Gasteiger partial charge is 0.351 e. The van der Waals surface area contributed by atoms with Gasteiger partial charge in [0.15, 0.2) is 0 Å². The minimum Gasteiger partial charge on any atom is -0.351 e. The number of carbonyl (C=O) groups is 2. The molecule has 1 saturated carbocycles. The minimum absolute atomic E-state index is 0.0172. The Hall–Kier alpha value is -1.36. The number of nitrogens with one attached hydrogen (secondary N) is 2. The Morgan fingerprint density at radius 2 is 1.95 bits per heavy atom. The highest BCUT2D eigenvalue weighted by atomic mass is 32.1. The first kappa shape index (κ1) is 15.0. The Kier molecular flexibility index (Phi) is 5.17. The average molecular weight is 294 g/mol. The van der Waals surface area contributed by atoms with Crippen molar-refractivity contribution in [3.05, 3.63) is 21.9 Å². The molecule has 0 aromatic carbocycles. The van der Waals surface area contributed by atoms with Crippen LogP contribution in [0.3, 0.4) is 0 Å². The Balaban J connectivity index is 1.84. The monoisotopic (exact) mass is 294 g/mol. The molecule has 2 rings (SSSR count). The van der Waals surface area contributed by atoms with Crippen LogP contribution >= 0.6 is 11.3 Å². The van der Waals surface area contributed by atoms with Crippen molar-refractivity contribution in [3.8, 4) is 0 Å². The van der Waals surface area contributed by atoms with Crippen molar-refractivity contribution in [2.24, 2.45) is 5.92 Å². The molecule has 20 heavy (non-hydrogen) atoms. The van der Waals surface area contributed by atoms with Gasteiger partial charge in [0.25, 0.3) is 5.91 Å². The summed E-state index contributed by atoms with van der Waals surface area (Å²) in [5, 5.41) is 5.86. The maximum atomic E-state index is 12.2. The van der Waals surface area contributed by atoms with Gasteiger partial charge in [0.1, 0.15) is 0 Å². The topological polar surface area (TPSA) is 58.2 Å². The molecule has 1 aliphatic carbocycles. The van der Waals surface area contributed by atoms with Gasteiger partial charge in [-0.25, -0.2) is 0 Å². The fourth-order valence-electron chi connectivity index (χ4n) is 2.47. The molecule has 1 fully saturated rings. The van der Waals surface area contributed by atoms with E-state index in [-0.39, 0.29) is 11.8 Å². The molecule has 0 atom stereocenters. The molecule has 2 amide bonds. The molecule has 0 radical (unpaired) electrons. The van der Waals surface area contributed by atoms with E-state index in [4.69, 9.17) is 0 Å². The van der Waals surface area contributed by atoms with Gasteiger partial charge >= 0.3 is 0 Å².